The van der Waals surface area contributed by atoms with Crippen LogP contribution >= 0.6 is 46.1 Å². The lowest BCUT2D eigenvalue weighted by Crippen LogP contribution is -2.26. The molecule has 7 heteroatoms. The third-order valence-electron chi connectivity index (χ3n) is 3.33. The van der Waals surface area contributed by atoms with Gasteiger partial charge in [-0.05, 0) is 31.2 Å². The number of hydrogen-bond acceptors (Lipinski definition) is 3. The molecule has 3 aromatic rings. The van der Waals surface area contributed by atoms with E-state index >= 15 is 0 Å². The van der Waals surface area contributed by atoms with Crippen LogP contribution in [0.25, 0.3) is 10.1 Å². The van der Waals surface area contributed by atoms with Gasteiger partial charge in [0.15, 0.2) is 0 Å². The minimum atomic E-state index is -0.262. The van der Waals surface area contributed by atoms with Crippen molar-refractivity contribution in [1.29, 1.82) is 0 Å². The summed E-state index contributed by atoms with van der Waals surface area (Å²) in [6.45, 7) is 1.87. The third-order valence-corrected chi connectivity index (χ3v) is 5.48. The van der Waals surface area contributed by atoms with Crippen LogP contribution in [-0.4, -0.2) is 10.9 Å². The van der Waals surface area contributed by atoms with Crippen LogP contribution in [-0.2, 0) is 0 Å². The Morgan fingerprint density at radius 1 is 1.26 bits per heavy atom. The van der Waals surface area contributed by atoms with E-state index in [1.807, 2.05) is 25.1 Å². The quantitative estimate of drug-likeness (QED) is 0.624. The molecular formula is C16H11Cl3N2OS. The lowest BCUT2D eigenvalue weighted by Gasteiger charge is -2.12. The van der Waals surface area contributed by atoms with Crippen LogP contribution in [0.3, 0.4) is 0 Å². The van der Waals surface area contributed by atoms with Crippen LogP contribution in [0.2, 0.25) is 15.1 Å². The third kappa shape index (κ3) is 3.31. The van der Waals surface area contributed by atoms with Crippen molar-refractivity contribution in [2.24, 2.45) is 0 Å². The number of carbonyl (C=O) groups excluding carboxylic acids is 1. The Labute approximate surface area is 152 Å². The Bertz CT molecular complexity index is 880. The van der Waals surface area contributed by atoms with Crippen molar-refractivity contribution in [3.8, 4) is 0 Å². The maximum atomic E-state index is 12.5. The number of rotatable bonds is 3. The smallest absolute Gasteiger partial charge is 0.263 e. The highest BCUT2D eigenvalue weighted by atomic mass is 35.5. The first kappa shape index (κ1) is 16.5. The van der Waals surface area contributed by atoms with E-state index in [2.05, 4.69) is 10.3 Å². The number of fused-ring (bicyclic) bond motifs is 1. The minimum absolute atomic E-state index is 0.232. The van der Waals surface area contributed by atoms with E-state index in [9.17, 15) is 4.79 Å². The summed E-state index contributed by atoms with van der Waals surface area (Å²) in [5.41, 5.74) is 0.777. The van der Waals surface area contributed by atoms with E-state index in [0.717, 1.165) is 10.4 Å². The molecule has 1 amide bonds. The Morgan fingerprint density at radius 3 is 2.74 bits per heavy atom. The number of carbonyl (C=O) groups is 1. The molecule has 0 aliphatic rings. The molecule has 0 spiro atoms. The summed E-state index contributed by atoms with van der Waals surface area (Å²) in [5.74, 6) is -0.262. The van der Waals surface area contributed by atoms with Crippen molar-refractivity contribution >= 4 is 62.1 Å². The van der Waals surface area contributed by atoms with Gasteiger partial charge in [0.1, 0.15) is 4.88 Å². The molecular weight excluding hydrogens is 375 g/mol. The van der Waals surface area contributed by atoms with Gasteiger partial charge in [0, 0.05) is 21.3 Å². The number of nitrogens with one attached hydrogen (secondary N) is 1. The van der Waals surface area contributed by atoms with E-state index in [4.69, 9.17) is 34.8 Å². The molecule has 1 unspecified atom stereocenters. The number of halogens is 3. The Hall–Kier alpha value is -1.33. The topological polar surface area (TPSA) is 42.0 Å². The highest BCUT2D eigenvalue weighted by Crippen LogP contribution is 2.41. The summed E-state index contributed by atoms with van der Waals surface area (Å²) in [4.78, 5) is 17.2. The summed E-state index contributed by atoms with van der Waals surface area (Å²) in [6, 6.07) is 8.68. The van der Waals surface area contributed by atoms with E-state index in [1.54, 1.807) is 18.3 Å². The molecule has 1 aromatic carbocycles. The number of nitrogens with zero attached hydrogens (tertiary/aromatic N) is 1. The number of benzene rings is 1. The maximum absolute atomic E-state index is 12.5. The van der Waals surface area contributed by atoms with Gasteiger partial charge in [-0.25, -0.2) is 0 Å². The summed E-state index contributed by atoms with van der Waals surface area (Å²) in [5, 5.41) is 4.84. The normalized spacial score (nSPS) is 12.3. The van der Waals surface area contributed by atoms with Crippen LogP contribution in [0, 0.1) is 0 Å². The van der Waals surface area contributed by atoms with Crippen LogP contribution in [0.15, 0.2) is 36.5 Å². The van der Waals surface area contributed by atoms with Gasteiger partial charge in [-0.15, -0.1) is 11.3 Å². The fraction of sp³-hybridized carbons (Fsp3) is 0.125. The predicted octanol–water partition coefficient (Wildman–Crippen LogP) is 5.75. The molecule has 23 heavy (non-hydrogen) atoms. The van der Waals surface area contributed by atoms with Gasteiger partial charge in [0.05, 0.1) is 21.8 Å². The Kier molecular flexibility index (Phi) is 4.78. The first-order chi connectivity index (χ1) is 11.0. The molecule has 1 atom stereocenters. The Morgan fingerprint density at radius 2 is 2.04 bits per heavy atom. The molecule has 2 heterocycles. The van der Waals surface area contributed by atoms with Gasteiger partial charge in [0.2, 0.25) is 0 Å². The van der Waals surface area contributed by atoms with Crippen LogP contribution in [0.5, 0.6) is 0 Å². The number of thiophene rings is 1. The lowest BCUT2D eigenvalue weighted by atomic mass is 10.2. The molecule has 3 nitrogen and oxygen atoms in total. The molecule has 0 aliphatic carbocycles. The molecule has 0 aliphatic heterocycles. The molecule has 0 saturated heterocycles. The standard InChI is InChI=1S/C16H11Cl3N2OS/c1-8(11-4-2-3-5-20-11)21-16(22)15-14(19)13-10(18)6-9(17)7-12(13)23-15/h2-8H,1H3,(H,21,22). The van der Waals surface area contributed by atoms with Crippen molar-refractivity contribution in [3.05, 3.63) is 62.2 Å². The average Bonchev–Trinajstić information content (AvgIpc) is 2.85. The van der Waals surface area contributed by atoms with E-state index in [1.165, 1.54) is 11.3 Å². The van der Waals surface area contributed by atoms with Crippen molar-refractivity contribution < 1.29 is 4.79 Å². The van der Waals surface area contributed by atoms with Crippen molar-refractivity contribution in [2.75, 3.05) is 0 Å². The van der Waals surface area contributed by atoms with Gasteiger partial charge in [0.25, 0.3) is 5.91 Å². The van der Waals surface area contributed by atoms with E-state index < -0.39 is 0 Å². The van der Waals surface area contributed by atoms with Crippen molar-refractivity contribution in [1.82, 2.24) is 10.3 Å². The van der Waals surface area contributed by atoms with Crippen LogP contribution in [0.4, 0.5) is 0 Å². The van der Waals surface area contributed by atoms with Crippen LogP contribution < -0.4 is 5.32 Å². The first-order valence-corrected chi connectivity index (χ1v) is 8.71. The first-order valence-electron chi connectivity index (χ1n) is 6.76. The second kappa shape index (κ2) is 6.65. The fourth-order valence-corrected chi connectivity index (χ4v) is 4.51. The van der Waals surface area contributed by atoms with Gasteiger partial charge >= 0.3 is 0 Å². The Balaban J connectivity index is 1.92. The fourth-order valence-electron chi connectivity index (χ4n) is 2.23. The number of aromatic nitrogens is 1. The zero-order valence-electron chi connectivity index (χ0n) is 11.9. The average molecular weight is 386 g/mol. The molecule has 3 rings (SSSR count). The SMILES string of the molecule is CC(NC(=O)c1sc2cc(Cl)cc(Cl)c2c1Cl)c1ccccn1. The highest BCUT2D eigenvalue weighted by molar-refractivity contribution is 7.21. The summed E-state index contributed by atoms with van der Waals surface area (Å²) >= 11 is 19.8. The molecule has 0 fully saturated rings. The van der Waals surface area contributed by atoms with Crippen LogP contribution in [0.1, 0.15) is 28.3 Å². The zero-order valence-corrected chi connectivity index (χ0v) is 15.0. The minimum Gasteiger partial charge on any atom is -0.343 e. The van der Waals surface area contributed by atoms with Gasteiger partial charge in [-0.1, -0.05) is 40.9 Å². The number of hydrogen-bond donors (Lipinski definition) is 1. The van der Waals surface area contributed by atoms with E-state index in [0.29, 0.717) is 25.3 Å². The predicted molar refractivity (Wildman–Crippen MR) is 97.0 cm³/mol. The van der Waals surface area contributed by atoms with Gasteiger partial charge < -0.3 is 5.32 Å². The molecule has 0 bridgehead atoms. The largest absolute Gasteiger partial charge is 0.343 e. The maximum Gasteiger partial charge on any atom is 0.263 e. The monoisotopic (exact) mass is 384 g/mol. The molecule has 0 radical (unpaired) electrons. The summed E-state index contributed by atoms with van der Waals surface area (Å²) in [6.07, 6.45) is 1.69. The van der Waals surface area contributed by atoms with Crippen molar-refractivity contribution in [3.63, 3.8) is 0 Å². The summed E-state index contributed by atoms with van der Waals surface area (Å²) < 4.78 is 0.781. The van der Waals surface area contributed by atoms with E-state index in [-0.39, 0.29) is 11.9 Å². The van der Waals surface area contributed by atoms with Crippen molar-refractivity contribution in [2.45, 2.75) is 13.0 Å². The second-order valence-electron chi connectivity index (χ2n) is 4.96. The number of pyridine rings is 1. The molecule has 2 aromatic heterocycles. The number of amides is 1. The van der Waals surface area contributed by atoms with Gasteiger partial charge in [-0.2, -0.15) is 0 Å². The lowest BCUT2D eigenvalue weighted by molar-refractivity contribution is 0.0943. The van der Waals surface area contributed by atoms with Gasteiger partial charge in [-0.3, -0.25) is 9.78 Å². The molecule has 1 N–H and O–H groups in total. The molecule has 118 valence electrons. The second-order valence-corrected chi connectivity index (χ2v) is 7.23. The highest BCUT2D eigenvalue weighted by Gasteiger charge is 2.21. The zero-order chi connectivity index (χ0) is 16.6. The molecule has 0 saturated carbocycles. The summed E-state index contributed by atoms with van der Waals surface area (Å²) in [7, 11) is 0.